The van der Waals surface area contributed by atoms with Crippen molar-refractivity contribution < 1.29 is 4.79 Å². The van der Waals surface area contributed by atoms with Gasteiger partial charge in [-0.15, -0.1) is 12.6 Å². The number of fused-ring (bicyclic) bond motifs is 1. The summed E-state index contributed by atoms with van der Waals surface area (Å²) in [6.45, 7) is 1.88. The summed E-state index contributed by atoms with van der Waals surface area (Å²) in [5, 5.41) is 1.12. The molecule has 15 heavy (non-hydrogen) atoms. The number of halogens is 1. The van der Waals surface area contributed by atoms with Gasteiger partial charge in [0.25, 0.3) is 0 Å². The maximum absolute atomic E-state index is 11.1. The average molecular weight is 238 g/mol. The minimum Gasteiger partial charge on any atom is -0.282 e. The van der Waals surface area contributed by atoms with Crippen LogP contribution in [0.2, 0.25) is 5.02 Å². The number of hydrogen-bond donors (Lipinski definition) is 1. The maximum Gasteiger partial charge on any atom is 0.216 e. The maximum atomic E-state index is 11.1. The highest BCUT2D eigenvalue weighted by Crippen LogP contribution is 2.24. The summed E-state index contributed by atoms with van der Waals surface area (Å²) in [7, 11) is 0. The van der Waals surface area contributed by atoms with Gasteiger partial charge in [0.1, 0.15) is 0 Å². The van der Waals surface area contributed by atoms with Crippen LogP contribution in [0.25, 0.3) is 10.9 Å². The number of benzene rings is 1. The quantitative estimate of drug-likeness (QED) is 0.772. The summed E-state index contributed by atoms with van der Waals surface area (Å²) in [4.78, 5) is 15.4. The van der Waals surface area contributed by atoms with E-state index in [1.165, 1.54) is 0 Å². The first-order chi connectivity index (χ1) is 7.08. The molecule has 0 saturated carbocycles. The van der Waals surface area contributed by atoms with Crippen molar-refractivity contribution in [3.05, 3.63) is 40.5 Å². The van der Waals surface area contributed by atoms with Crippen molar-refractivity contribution in [2.75, 3.05) is 0 Å². The van der Waals surface area contributed by atoms with Crippen LogP contribution >= 0.6 is 24.2 Å². The third kappa shape index (κ3) is 1.98. The molecule has 2 rings (SSSR count). The van der Waals surface area contributed by atoms with Crippen LogP contribution in [0.15, 0.2) is 24.3 Å². The molecule has 2 aromatic rings. The molecule has 0 aliphatic carbocycles. The second-order valence-electron chi connectivity index (χ2n) is 3.28. The van der Waals surface area contributed by atoms with E-state index in [2.05, 4.69) is 17.6 Å². The molecule has 0 saturated heterocycles. The van der Waals surface area contributed by atoms with Gasteiger partial charge in [0.15, 0.2) is 0 Å². The Morgan fingerprint density at radius 3 is 2.80 bits per heavy atom. The first-order valence-electron chi connectivity index (χ1n) is 4.38. The number of pyridine rings is 1. The Balaban J connectivity index is 2.76. The van der Waals surface area contributed by atoms with Crippen molar-refractivity contribution in [1.29, 1.82) is 0 Å². The van der Waals surface area contributed by atoms with Crippen LogP contribution in [0.3, 0.4) is 0 Å². The van der Waals surface area contributed by atoms with Gasteiger partial charge in [-0.05, 0) is 31.2 Å². The molecule has 0 N–H and O–H groups in total. The fourth-order valence-electron chi connectivity index (χ4n) is 1.44. The van der Waals surface area contributed by atoms with Gasteiger partial charge in [-0.2, -0.15) is 0 Å². The predicted octanol–water partition coefficient (Wildman–Crippen LogP) is 3.27. The molecular weight excluding hydrogens is 230 g/mol. The Bertz CT molecular complexity index is 554. The molecule has 0 spiro atoms. The van der Waals surface area contributed by atoms with Crippen molar-refractivity contribution in [3.8, 4) is 0 Å². The molecule has 0 unspecified atom stereocenters. The fourth-order valence-corrected chi connectivity index (χ4v) is 1.89. The van der Waals surface area contributed by atoms with E-state index >= 15 is 0 Å². The summed E-state index contributed by atoms with van der Waals surface area (Å²) in [6.07, 6.45) is 0. The van der Waals surface area contributed by atoms with Crippen LogP contribution < -0.4 is 0 Å². The molecule has 1 aromatic heterocycles. The van der Waals surface area contributed by atoms with E-state index < -0.39 is 0 Å². The van der Waals surface area contributed by atoms with Gasteiger partial charge < -0.3 is 0 Å². The fraction of sp³-hybridized carbons (Fsp3) is 0.0909. The zero-order chi connectivity index (χ0) is 11.0. The minimum absolute atomic E-state index is 0.270. The van der Waals surface area contributed by atoms with Crippen LogP contribution in [0.1, 0.15) is 16.1 Å². The molecule has 0 radical (unpaired) electrons. The van der Waals surface area contributed by atoms with Gasteiger partial charge >= 0.3 is 0 Å². The van der Waals surface area contributed by atoms with Crippen molar-refractivity contribution >= 4 is 40.2 Å². The van der Waals surface area contributed by atoms with Gasteiger partial charge in [0, 0.05) is 16.6 Å². The van der Waals surface area contributed by atoms with Crippen LogP contribution in [0, 0.1) is 6.92 Å². The highest BCUT2D eigenvalue weighted by molar-refractivity contribution is 7.97. The van der Waals surface area contributed by atoms with E-state index in [0.717, 1.165) is 16.6 Å². The van der Waals surface area contributed by atoms with Gasteiger partial charge in [0.2, 0.25) is 5.12 Å². The standard InChI is InChI=1S/C11H8ClNOS/c1-6-4-9(12)8-5-7(11(14)15)2-3-10(8)13-6/h2-5H,1H3,(H,14,15). The zero-order valence-corrected chi connectivity index (χ0v) is 9.64. The van der Waals surface area contributed by atoms with Crippen LogP contribution in [-0.4, -0.2) is 10.1 Å². The van der Waals surface area contributed by atoms with E-state index in [1.807, 2.05) is 6.92 Å². The molecule has 0 aliphatic heterocycles. The van der Waals surface area contributed by atoms with E-state index in [1.54, 1.807) is 24.3 Å². The van der Waals surface area contributed by atoms with Gasteiger partial charge in [-0.3, -0.25) is 9.78 Å². The first-order valence-corrected chi connectivity index (χ1v) is 5.20. The van der Waals surface area contributed by atoms with Crippen LogP contribution in [-0.2, 0) is 0 Å². The molecule has 76 valence electrons. The minimum atomic E-state index is -0.270. The van der Waals surface area contributed by atoms with Crippen LogP contribution in [0.5, 0.6) is 0 Å². The second kappa shape index (κ2) is 3.83. The lowest BCUT2D eigenvalue weighted by Gasteiger charge is -2.03. The molecule has 4 heteroatoms. The van der Waals surface area contributed by atoms with Crippen LogP contribution in [0.4, 0.5) is 0 Å². The largest absolute Gasteiger partial charge is 0.282 e. The molecule has 0 atom stereocenters. The summed E-state index contributed by atoms with van der Waals surface area (Å²) < 4.78 is 0. The van der Waals surface area contributed by atoms with Crippen molar-refractivity contribution in [2.24, 2.45) is 0 Å². The number of thiol groups is 1. The Labute approximate surface area is 97.7 Å². The van der Waals surface area contributed by atoms with E-state index in [9.17, 15) is 4.79 Å². The number of hydrogen-bond acceptors (Lipinski definition) is 2. The Morgan fingerprint density at radius 1 is 1.40 bits per heavy atom. The number of nitrogens with zero attached hydrogens (tertiary/aromatic N) is 1. The van der Waals surface area contributed by atoms with Crippen molar-refractivity contribution in [1.82, 2.24) is 4.98 Å². The molecule has 1 aromatic carbocycles. The van der Waals surface area contributed by atoms with Crippen molar-refractivity contribution in [2.45, 2.75) is 6.92 Å². The Morgan fingerprint density at radius 2 is 2.13 bits per heavy atom. The third-order valence-corrected chi connectivity index (χ3v) is 2.70. The SMILES string of the molecule is Cc1cc(Cl)c2cc(C(=O)S)ccc2n1. The molecule has 2 nitrogen and oxygen atoms in total. The van der Waals surface area contributed by atoms with E-state index in [4.69, 9.17) is 11.6 Å². The number of aromatic nitrogens is 1. The molecular formula is C11H8ClNOS. The number of carbonyl (C=O) groups excluding carboxylic acids is 1. The summed E-state index contributed by atoms with van der Waals surface area (Å²) >= 11 is 9.83. The highest BCUT2D eigenvalue weighted by Gasteiger charge is 2.05. The number of carbonyl (C=O) groups is 1. The summed E-state index contributed by atoms with van der Waals surface area (Å²) in [5.41, 5.74) is 2.18. The third-order valence-electron chi connectivity index (χ3n) is 2.13. The lowest BCUT2D eigenvalue weighted by Crippen LogP contribution is -1.91. The van der Waals surface area contributed by atoms with E-state index in [0.29, 0.717) is 10.6 Å². The number of rotatable bonds is 1. The Hall–Kier alpha value is -1.06. The lowest BCUT2D eigenvalue weighted by atomic mass is 10.1. The zero-order valence-electron chi connectivity index (χ0n) is 7.99. The summed E-state index contributed by atoms with van der Waals surface area (Å²) in [5.74, 6) is 0. The summed E-state index contributed by atoms with van der Waals surface area (Å²) in [6, 6.07) is 6.95. The van der Waals surface area contributed by atoms with Gasteiger partial charge in [0.05, 0.1) is 10.5 Å². The normalized spacial score (nSPS) is 10.6. The highest BCUT2D eigenvalue weighted by atomic mass is 35.5. The average Bonchev–Trinajstić information content (AvgIpc) is 2.16. The molecule has 0 aliphatic rings. The second-order valence-corrected chi connectivity index (χ2v) is 4.10. The van der Waals surface area contributed by atoms with Gasteiger partial charge in [-0.1, -0.05) is 11.6 Å². The predicted molar refractivity (Wildman–Crippen MR) is 64.8 cm³/mol. The lowest BCUT2D eigenvalue weighted by molar-refractivity contribution is 0.109. The topological polar surface area (TPSA) is 30.0 Å². The smallest absolute Gasteiger partial charge is 0.216 e. The van der Waals surface area contributed by atoms with Gasteiger partial charge in [-0.25, -0.2) is 0 Å². The monoisotopic (exact) mass is 237 g/mol. The molecule has 0 amide bonds. The first kappa shape index (κ1) is 10.5. The van der Waals surface area contributed by atoms with E-state index in [-0.39, 0.29) is 5.12 Å². The molecule has 0 fully saturated rings. The van der Waals surface area contributed by atoms with Crippen molar-refractivity contribution in [3.63, 3.8) is 0 Å². The molecule has 0 bridgehead atoms. The molecule has 1 heterocycles. The Kier molecular flexibility index (Phi) is 2.67. The number of aryl methyl sites for hydroxylation is 1.